The second-order valence-electron chi connectivity index (χ2n) is 2.84. The molecule has 1 nitrogen and oxygen atoms in total. The molecule has 0 saturated carbocycles. The normalized spacial score (nSPS) is 10.2. The second-order valence-corrected chi connectivity index (χ2v) is 4.55. The molecule has 0 fully saturated rings. The van der Waals surface area contributed by atoms with E-state index < -0.39 is 5.82 Å². The fourth-order valence-electron chi connectivity index (χ4n) is 1.07. The van der Waals surface area contributed by atoms with Crippen molar-refractivity contribution in [1.82, 2.24) is 0 Å². The maximum absolute atomic E-state index is 13.2. The van der Waals surface area contributed by atoms with E-state index in [2.05, 4.69) is 31.9 Å². The molecule has 0 aliphatic heterocycles. The highest BCUT2D eigenvalue weighted by Crippen LogP contribution is 2.17. The molecule has 0 saturated heterocycles. The molecular formula is C10H9Br2FO. The molecule has 0 aliphatic carbocycles. The van der Waals surface area contributed by atoms with Crippen LogP contribution in [-0.4, -0.2) is 11.1 Å². The van der Waals surface area contributed by atoms with E-state index in [1.807, 2.05) is 0 Å². The van der Waals surface area contributed by atoms with Crippen molar-refractivity contribution in [2.75, 3.05) is 5.33 Å². The zero-order valence-corrected chi connectivity index (χ0v) is 10.6. The molecule has 0 unspecified atom stereocenters. The van der Waals surface area contributed by atoms with Gasteiger partial charge in [-0.15, -0.1) is 0 Å². The van der Waals surface area contributed by atoms with E-state index >= 15 is 0 Å². The number of carbonyl (C=O) groups is 1. The Hall–Kier alpha value is -0.220. The summed E-state index contributed by atoms with van der Waals surface area (Å²) in [6.45, 7) is 0. The van der Waals surface area contributed by atoms with Crippen LogP contribution in [0.3, 0.4) is 0 Å². The van der Waals surface area contributed by atoms with Crippen molar-refractivity contribution in [2.24, 2.45) is 0 Å². The molecule has 0 amide bonds. The van der Waals surface area contributed by atoms with Gasteiger partial charge < -0.3 is 0 Å². The van der Waals surface area contributed by atoms with Crippen molar-refractivity contribution in [3.63, 3.8) is 0 Å². The molecule has 0 N–H and O–H groups in total. The smallest absolute Gasteiger partial charge is 0.165 e. The first kappa shape index (κ1) is 11.9. The fraction of sp³-hybridized carbons (Fsp3) is 0.300. The van der Waals surface area contributed by atoms with Gasteiger partial charge in [-0.3, -0.25) is 4.79 Å². The molecule has 0 spiro atoms. The minimum absolute atomic E-state index is 0.150. The molecule has 0 bridgehead atoms. The average Bonchev–Trinajstić information content (AvgIpc) is 2.18. The van der Waals surface area contributed by atoms with Gasteiger partial charge in [0, 0.05) is 16.2 Å². The summed E-state index contributed by atoms with van der Waals surface area (Å²) in [5.74, 6) is -0.601. The van der Waals surface area contributed by atoms with Gasteiger partial charge in [-0.2, -0.15) is 0 Å². The zero-order chi connectivity index (χ0) is 10.6. The number of hydrogen-bond acceptors (Lipinski definition) is 1. The van der Waals surface area contributed by atoms with E-state index in [1.54, 1.807) is 6.07 Å². The van der Waals surface area contributed by atoms with Crippen molar-refractivity contribution in [3.05, 3.63) is 34.1 Å². The maximum Gasteiger partial charge on any atom is 0.165 e. The van der Waals surface area contributed by atoms with Gasteiger partial charge in [-0.1, -0.05) is 31.9 Å². The molecule has 4 heteroatoms. The molecule has 1 aromatic rings. The molecular weight excluding hydrogens is 315 g/mol. The topological polar surface area (TPSA) is 17.1 Å². The van der Waals surface area contributed by atoms with Crippen LogP contribution in [0.2, 0.25) is 0 Å². The first-order chi connectivity index (χ1) is 6.65. The number of halogens is 3. The zero-order valence-electron chi connectivity index (χ0n) is 7.40. The summed E-state index contributed by atoms with van der Waals surface area (Å²) in [6, 6.07) is 4.40. The van der Waals surface area contributed by atoms with E-state index in [0.717, 1.165) is 16.2 Å². The van der Waals surface area contributed by atoms with E-state index in [9.17, 15) is 9.18 Å². The fourth-order valence-corrected chi connectivity index (χ4v) is 1.71. The number of Topliss-reactive ketones (excluding diaryl/α,β-unsaturated/α-hetero) is 1. The molecule has 1 aromatic carbocycles. The maximum atomic E-state index is 13.2. The molecule has 0 aromatic heterocycles. The van der Waals surface area contributed by atoms with Crippen LogP contribution >= 0.6 is 31.9 Å². The number of hydrogen-bond donors (Lipinski definition) is 0. The summed E-state index contributed by atoms with van der Waals surface area (Å²) < 4.78 is 13.9. The third-order valence-corrected chi connectivity index (χ3v) is 2.82. The Kier molecular flexibility index (Phi) is 4.75. The Bertz CT molecular complexity index is 339. The highest BCUT2D eigenvalue weighted by molar-refractivity contribution is 9.10. The largest absolute Gasteiger partial charge is 0.294 e. The highest BCUT2D eigenvalue weighted by Gasteiger charge is 2.11. The van der Waals surface area contributed by atoms with Gasteiger partial charge in [-0.25, -0.2) is 4.39 Å². The Morgan fingerprint density at radius 1 is 1.43 bits per heavy atom. The number of benzene rings is 1. The van der Waals surface area contributed by atoms with Crippen molar-refractivity contribution in [3.8, 4) is 0 Å². The van der Waals surface area contributed by atoms with Crippen molar-refractivity contribution >= 4 is 37.6 Å². The summed E-state index contributed by atoms with van der Waals surface area (Å²) in [6.07, 6.45) is 1.10. The molecule has 0 heterocycles. The first-order valence-corrected chi connectivity index (χ1v) is 6.11. The number of carbonyl (C=O) groups excluding carboxylic acids is 1. The summed E-state index contributed by atoms with van der Waals surface area (Å²) in [5, 5.41) is 0.758. The predicted octanol–water partition coefficient (Wildman–Crippen LogP) is 3.95. The summed E-state index contributed by atoms with van der Waals surface area (Å²) in [5.41, 5.74) is 0.167. The molecule has 0 atom stereocenters. The van der Waals surface area contributed by atoms with Crippen LogP contribution in [-0.2, 0) is 0 Å². The standard InChI is InChI=1S/C10H9Br2FO/c11-5-1-2-10(14)8-6-7(12)3-4-9(8)13/h3-4,6H,1-2,5H2. The quantitative estimate of drug-likeness (QED) is 0.606. The van der Waals surface area contributed by atoms with Crippen LogP contribution in [0.4, 0.5) is 4.39 Å². The van der Waals surface area contributed by atoms with E-state index in [-0.39, 0.29) is 11.3 Å². The number of alkyl halides is 1. The van der Waals surface area contributed by atoms with Gasteiger partial charge in [0.05, 0.1) is 5.56 Å². The SMILES string of the molecule is O=C(CCCBr)c1cc(Br)ccc1F. The third-order valence-electron chi connectivity index (χ3n) is 1.77. The summed E-state index contributed by atoms with van der Waals surface area (Å²) in [4.78, 5) is 11.5. The molecule has 14 heavy (non-hydrogen) atoms. The predicted molar refractivity (Wildman–Crippen MR) is 61.5 cm³/mol. The monoisotopic (exact) mass is 322 g/mol. The summed E-state index contributed by atoms with van der Waals surface area (Å²) in [7, 11) is 0. The Labute approximate surface area is 99.0 Å². The lowest BCUT2D eigenvalue weighted by Crippen LogP contribution is -2.02. The van der Waals surface area contributed by atoms with Crippen LogP contribution in [0.25, 0.3) is 0 Å². The van der Waals surface area contributed by atoms with Crippen molar-refractivity contribution in [2.45, 2.75) is 12.8 Å². The lowest BCUT2D eigenvalue weighted by Gasteiger charge is -2.01. The van der Waals surface area contributed by atoms with Gasteiger partial charge in [0.15, 0.2) is 5.78 Å². The molecule has 1 rings (SSSR count). The van der Waals surface area contributed by atoms with Gasteiger partial charge in [-0.05, 0) is 24.6 Å². The second kappa shape index (κ2) is 5.61. The van der Waals surface area contributed by atoms with Crippen LogP contribution < -0.4 is 0 Å². The molecule has 0 radical (unpaired) electrons. The van der Waals surface area contributed by atoms with E-state index in [0.29, 0.717) is 6.42 Å². The van der Waals surface area contributed by atoms with Gasteiger partial charge >= 0.3 is 0 Å². The van der Waals surface area contributed by atoms with Crippen LogP contribution in [0.5, 0.6) is 0 Å². The number of ketones is 1. The Morgan fingerprint density at radius 3 is 2.79 bits per heavy atom. The first-order valence-electron chi connectivity index (χ1n) is 4.19. The Morgan fingerprint density at radius 2 is 2.14 bits per heavy atom. The number of rotatable bonds is 4. The van der Waals surface area contributed by atoms with Crippen LogP contribution in [0, 0.1) is 5.82 Å². The molecule has 76 valence electrons. The minimum Gasteiger partial charge on any atom is -0.294 e. The average molecular weight is 324 g/mol. The van der Waals surface area contributed by atoms with E-state index in [4.69, 9.17) is 0 Å². The van der Waals surface area contributed by atoms with Crippen molar-refractivity contribution in [1.29, 1.82) is 0 Å². The van der Waals surface area contributed by atoms with Crippen molar-refractivity contribution < 1.29 is 9.18 Å². The minimum atomic E-state index is -0.451. The highest BCUT2D eigenvalue weighted by atomic mass is 79.9. The lowest BCUT2D eigenvalue weighted by molar-refractivity contribution is 0.0978. The van der Waals surface area contributed by atoms with Gasteiger partial charge in [0.2, 0.25) is 0 Å². The van der Waals surface area contributed by atoms with Crippen LogP contribution in [0.15, 0.2) is 22.7 Å². The van der Waals surface area contributed by atoms with Gasteiger partial charge in [0.1, 0.15) is 5.82 Å². The lowest BCUT2D eigenvalue weighted by atomic mass is 10.1. The molecule has 0 aliphatic rings. The van der Waals surface area contributed by atoms with E-state index in [1.165, 1.54) is 12.1 Å². The Balaban J connectivity index is 2.83. The van der Waals surface area contributed by atoms with Crippen LogP contribution in [0.1, 0.15) is 23.2 Å². The van der Waals surface area contributed by atoms with Gasteiger partial charge in [0.25, 0.3) is 0 Å². The summed E-state index contributed by atoms with van der Waals surface area (Å²) >= 11 is 6.43. The third kappa shape index (κ3) is 3.17.